The Bertz CT molecular complexity index is 946. The van der Waals surface area contributed by atoms with E-state index in [1.165, 1.54) is 14.2 Å². The van der Waals surface area contributed by atoms with E-state index in [1.54, 1.807) is 24.3 Å². The Balaban J connectivity index is 1.86. The first-order valence-electron chi connectivity index (χ1n) is 8.83. The molecule has 1 aliphatic heterocycles. The molecule has 3 rings (SSSR count). The molecule has 2 atom stereocenters. The van der Waals surface area contributed by atoms with Crippen LogP contribution in [0.4, 0.5) is 4.79 Å². The van der Waals surface area contributed by atoms with Crippen molar-refractivity contribution in [3.8, 4) is 11.5 Å². The highest BCUT2D eigenvalue weighted by Gasteiger charge is 2.38. The number of hydrogen-bond acceptors (Lipinski definition) is 5. The van der Waals surface area contributed by atoms with Crippen LogP contribution in [0.15, 0.2) is 54.7 Å². The summed E-state index contributed by atoms with van der Waals surface area (Å²) in [7, 11) is 2.80. The van der Waals surface area contributed by atoms with E-state index in [0.29, 0.717) is 22.1 Å². The van der Waals surface area contributed by atoms with E-state index >= 15 is 0 Å². The Labute approximate surface area is 173 Å². The lowest BCUT2D eigenvalue weighted by Gasteiger charge is -2.33. The number of rotatable bonds is 6. The molecule has 2 amide bonds. The molecule has 2 aromatic rings. The molecule has 0 aliphatic carbocycles. The SMILES string of the molecule is C=C1NC(=O)N[C@@H](c2ccc(OCc3ccccc3Cl)c(OC)c2)[C@@H]1C(=O)OC. The van der Waals surface area contributed by atoms with Crippen molar-refractivity contribution in [2.75, 3.05) is 14.2 Å². The van der Waals surface area contributed by atoms with Crippen LogP contribution in [0.25, 0.3) is 0 Å². The summed E-state index contributed by atoms with van der Waals surface area (Å²) in [4.78, 5) is 24.2. The van der Waals surface area contributed by atoms with Crippen molar-refractivity contribution in [3.05, 3.63) is 70.9 Å². The first-order valence-corrected chi connectivity index (χ1v) is 9.20. The van der Waals surface area contributed by atoms with Gasteiger partial charge in [0.2, 0.25) is 0 Å². The van der Waals surface area contributed by atoms with Gasteiger partial charge in [-0.15, -0.1) is 0 Å². The molecule has 7 nitrogen and oxygen atoms in total. The third-order valence-electron chi connectivity index (χ3n) is 4.61. The molecule has 1 fully saturated rings. The van der Waals surface area contributed by atoms with Gasteiger partial charge in [-0.1, -0.05) is 42.4 Å². The molecule has 8 heteroatoms. The van der Waals surface area contributed by atoms with Gasteiger partial charge in [0.25, 0.3) is 0 Å². The molecule has 1 saturated heterocycles. The van der Waals surface area contributed by atoms with Gasteiger partial charge in [0.1, 0.15) is 12.5 Å². The van der Waals surface area contributed by atoms with Crippen LogP contribution < -0.4 is 20.1 Å². The van der Waals surface area contributed by atoms with Gasteiger partial charge in [0, 0.05) is 16.3 Å². The van der Waals surface area contributed by atoms with Gasteiger partial charge < -0.3 is 24.8 Å². The van der Waals surface area contributed by atoms with E-state index in [0.717, 1.165) is 5.56 Å². The Hall–Kier alpha value is -3.19. The number of nitrogens with one attached hydrogen (secondary N) is 2. The van der Waals surface area contributed by atoms with E-state index in [9.17, 15) is 9.59 Å². The van der Waals surface area contributed by atoms with Crippen LogP contribution in [0.5, 0.6) is 11.5 Å². The molecule has 0 bridgehead atoms. The molecular weight excluding hydrogens is 396 g/mol. The molecule has 1 heterocycles. The standard InChI is InChI=1S/C21H21ClN2O5/c1-12-18(20(25)28-3)19(24-21(26)23-12)13-8-9-16(17(10-13)27-2)29-11-14-6-4-5-7-15(14)22/h4-10,18-19H,1,11H2,2-3H3,(H2,23,24,26)/t18-,19+/m1/s1. The summed E-state index contributed by atoms with van der Waals surface area (Å²) in [5.41, 5.74) is 1.76. The fourth-order valence-electron chi connectivity index (χ4n) is 3.13. The number of esters is 1. The summed E-state index contributed by atoms with van der Waals surface area (Å²) in [5, 5.41) is 5.86. The van der Waals surface area contributed by atoms with Crippen LogP contribution in [0.2, 0.25) is 5.02 Å². The minimum atomic E-state index is -0.780. The van der Waals surface area contributed by atoms with E-state index in [-0.39, 0.29) is 12.3 Å². The van der Waals surface area contributed by atoms with Crippen molar-refractivity contribution in [2.24, 2.45) is 5.92 Å². The van der Waals surface area contributed by atoms with Crippen LogP contribution in [0.3, 0.4) is 0 Å². The van der Waals surface area contributed by atoms with Crippen LogP contribution in [-0.2, 0) is 16.1 Å². The number of methoxy groups -OCH3 is 2. The number of halogens is 1. The molecule has 29 heavy (non-hydrogen) atoms. The zero-order chi connectivity index (χ0) is 21.0. The minimum absolute atomic E-state index is 0.265. The Kier molecular flexibility index (Phi) is 6.29. The van der Waals surface area contributed by atoms with Gasteiger partial charge in [-0.05, 0) is 23.8 Å². The lowest BCUT2D eigenvalue weighted by atomic mass is 9.89. The smallest absolute Gasteiger partial charge is 0.319 e. The summed E-state index contributed by atoms with van der Waals surface area (Å²) in [6, 6.07) is 11.5. The number of carbonyl (C=O) groups is 2. The van der Waals surface area contributed by atoms with Crippen molar-refractivity contribution in [2.45, 2.75) is 12.6 Å². The van der Waals surface area contributed by atoms with Crippen LogP contribution in [-0.4, -0.2) is 26.2 Å². The second-order valence-electron chi connectivity index (χ2n) is 6.39. The summed E-state index contributed by atoms with van der Waals surface area (Å²) in [6.45, 7) is 4.05. The Morgan fingerprint density at radius 2 is 1.93 bits per heavy atom. The predicted molar refractivity (Wildman–Crippen MR) is 108 cm³/mol. The van der Waals surface area contributed by atoms with Crippen LogP contribution in [0.1, 0.15) is 17.2 Å². The molecule has 152 valence electrons. The molecule has 0 unspecified atom stereocenters. The monoisotopic (exact) mass is 416 g/mol. The maximum absolute atomic E-state index is 12.2. The van der Waals surface area contributed by atoms with Gasteiger partial charge in [0.05, 0.1) is 20.3 Å². The lowest BCUT2D eigenvalue weighted by molar-refractivity contribution is -0.145. The average molecular weight is 417 g/mol. The van der Waals surface area contributed by atoms with E-state index < -0.39 is 24.0 Å². The third-order valence-corrected chi connectivity index (χ3v) is 4.98. The predicted octanol–water partition coefficient (Wildman–Crippen LogP) is 3.58. The van der Waals surface area contributed by atoms with Crippen molar-refractivity contribution in [1.29, 1.82) is 0 Å². The highest BCUT2D eigenvalue weighted by Crippen LogP contribution is 2.36. The van der Waals surface area contributed by atoms with Crippen molar-refractivity contribution < 1.29 is 23.8 Å². The van der Waals surface area contributed by atoms with E-state index in [2.05, 4.69) is 17.2 Å². The molecule has 0 aromatic heterocycles. The first-order chi connectivity index (χ1) is 13.9. The molecule has 0 radical (unpaired) electrons. The fraction of sp³-hybridized carbons (Fsp3) is 0.238. The van der Waals surface area contributed by atoms with Crippen molar-refractivity contribution in [1.82, 2.24) is 10.6 Å². The molecule has 1 aliphatic rings. The van der Waals surface area contributed by atoms with E-state index in [1.807, 2.05) is 18.2 Å². The zero-order valence-corrected chi connectivity index (χ0v) is 16.8. The second-order valence-corrected chi connectivity index (χ2v) is 6.80. The molecule has 2 aromatic carbocycles. The van der Waals surface area contributed by atoms with Crippen LogP contribution in [0, 0.1) is 5.92 Å². The highest BCUT2D eigenvalue weighted by atomic mass is 35.5. The number of urea groups is 1. The quantitative estimate of drug-likeness (QED) is 0.703. The average Bonchev–Trinajstić information content (AvgIpc) is 2.72. The lowest BCUT2D eigenvalue weighted by Crippen LogP contribution is -2.51. The van der Waals surface area contributed by atoms with Crippen LogP contribution >= 0.6 is 11.6 Å². The van der Waals surface area contributed by atoms with Gasteiger partial charge in [-0.3, -0.25) is 4.79 Å². The molecular formula is C21H21ClN2O5. The fourth-order valence-corrected chi connectivity index (χ4v) is 3.32. The molecule has 0 saturated carbocycles. The zero-order valence-electron chi connectivity index (χ0n) is 16.0. The summed E-state index contributed by atoms with van der Waals surface area (Å²) >= 11 is 6.17. The largest absolute Gasteiger partial charge is 0.493 e. The summed E-state index contributed by atoms with van der Waals surface area (Å²) in [5.74, 6) is -0.329. The van der Waals surface area contributed by atoms with Crippen molar-refractivity contribution in [3.63, 3.8) is 0 Å². The number of benzene rings is 2. The minimum Gasteiger partial charge on any atom is -0.493 e. The topological polar surface area (TPSA) is 85.9 Å². The second kappa shape index (κ2) is 8.87. The normalized spacial score (nSPS) is 18.4. The number of carbonyl (C=O) groups excluding carboxylic acids is 2. The van der Waals surface area contributed by atoms with Gasteiger partial charge in [-0.25, -0.2) is 4.79 Å². The highest BCUT2D eigenvalue weighted by molar-refractivity contribution is 6.31. The number of ether oxygens (including phenoxy) is 3. The van der Waals surface area contributed by atoms with Gasteiger partial charge in [0.15, 0.2) is 11.5 Å². The molecule has 2 N–H and O–H groups in total. The Morgan fingerprint density at radius 3 is 2.62 bits per heavy atom. The maximum Gasteiger partial charge on any atom is 0.319 e. The summed E-state index contributed by atoms with van der Waals surface area (Å²) < 4.78 is 16.2. The van der Waals surface area contributed by atoms with E-state index in [4.69, 9.17) is 25.8 Å². The first kappa shape index (κ1) is 20.5. The maximum atomic E-state index is 12.2. The van der Waals surface area contributed by atoms with Gasteiger partial charge >= 0.3 is 12.0 Å². The van der Waals surface area contributed by atoms with Gasteiger partial charge in [-0.2, -0.15) is 0 Å². The number of hydrogen-bond donors (Lipinski definition) is 2. The number of amides is 2. The summed E-state index contributed by atoms with van der Waals surface area (Å²) in [6.07, 6.45) is 0. The Morgan fingerprint density at radius 1 is 1.17 bits per heavy atom. The molecule has 0 spiro atoms. The third kappa shape index (κ3) is 4.46. The van der Waals surface area contributed by atoms with Crippen molar-refractivity contribution >= 4 is 23.6 Å².